The van der Waals surface area contributed by atoms with Crippen LogP contribution >= 0.6 is 11.6 Å². The highest BCUT2D eigenvalue weighted by atomic mass is 35.5. The van der Waals surface area contributed by atoms with E-state index in [-0.39, 0.29) is 18.1 Å². The van der Waals surface area contributed by atoms with Gasteiger partial charge in [0.15, 0.2) is 0 Å². The van der Waals surface area contributed by atoms with E-state index in [2.05, 4.69) is 0 Å². The third-order valence-corrected chi connectivity index (χ3v) is 4.70. The fourth-order valence-corrected chi connectivity index (χ4v) is 2.59. The Morgan fingerprint density at radius 1 is 1.42 bits per heavy atom. The molecule has 108 valence electrons. The van der Waals surface area contributed by atoms with Crippen LogP contribution in [-0.2, 0) is 9.84 Å². The number of ether oxygens (including phenoxy) is 1. The summed E-state index contributed by atoms with van der Waals surface area (Å²) in [6, 6.07) is 6.91. The molecule has 1 aromatic carbocycles. The van der Waals surface area contributed by atoms with Crippen molar-refractivity contribution in [3.63, 3.8) is 0 Å². The number of aliphatic hydroxyl groups is 1. The van der Waals surface area contributed by atoms with Crippen molar-refractivity contribution in [2.45, 2.75) is 25.9 Å². The maximum Gasteiger partial charge on any atom is 0.150 e. The number of rotatable bonds is 8. The van der Waals surface area contributed by atoms with Gasteiger partial charge in [0.1, 0.15) is 22.2 Å². The topological polar surface area (TPSA) is 63.6 Å². The summed E-state index contributed by atoms with van der Waals surface area (Å²) in [5.41, 5.74) is 0. The Kier molecular flexibility index (Phi) is 6.62. The first kappa shape index (κ1) is 16.3. The third kappa shape index (κ3) is 6.80. The first-order chi connectivity index (χ1) is 8.93. The zero-order valence-corrected chi connectivity index (χ0v) is 12.5. The van der Waals surface area contributed by atoms with Crippen LogP contribution in [0, 0.1) is 0 Å². The summed E-state index contributed by atoms with van der Waals surface area (Å²) < 4.78 is 27.9. The second-order valence-corrected chi connectivity index (χ2v) is 7.21. The first-order valence-corrected chi connectivity index (χ1v) is 8.39. The van der Waals surface area contributed by atoms with E-state index in [1.165, 1.54) is 0 Å². The molecule has 0 spiro atoms. The lowest BCUT2D eigenvalue weighted by molar-refractivity contribution is 0.0995. The molecule has 0 radical (unpaired) electrons. The Morgan fingerprint density at radius 3 is 2.79 bits per heavy atom. The molecule has 0 amide bonds. The van der Waals surface area contributed by atoms with Crippen LogP contribution in [0.5, 0.6) is 5.75 Å². The summed E-state index contributed by atoms with van der Waals surface area (Å²) in [7, 11) is -2.96. The van der Waals surface area contributed by atoms with Crippen molar-refractivity contribution in [2.75, 3.05) is 18.1 Å². The fraction of sp³-hybridized carbons (Fsp3) is 0.538. The van der Waals surface area contributed by atoms with E-state index in [0.29, 0.717) is 23.6 Å². The number of benzene rings is 1. The average Bonchev–Trinajstić information content (AvgIpc) is 2.36. The standard InChI is InChI=1S/C13H19ClO4S/c1-2-19(16,17)8-4-6-12(15)10-18-13-7-3-5-11(14)9-13/h3,5,7,9,12,15H,2,4,6,8,10H2,1H3. The summed E-state index contributed by atoms with van der Waals surface area (Å²) in [6.07, 6.45) is 0.168. The van der Waals surface area contributed by atoms with E-state index in [0.717, 1.165) is 0 Å². The molecule has 1 rings (SSSR count). The van der Waals surface area contributed by atoms with Gasteiger partial charge < -0.3 is 9.84 Å². The molecule has 0 aliphatic carbocycles. The normalized spacial score (nSPS) is 13.2. The number of hydrogen-bond donors (Lipinski definition) is 1. The van der Waals surface area contributed by atoms with Gasteiger partial charge in [-0.3, -0.25) is 0 Å². The average molecular weight is 307 g/mol. The minimum Gasteiger partial charge on any atom is -0.491 e. The summed E-state index contributed by atoms with van der Waals surface area (Å²) >= 11 is 5.80. The first-order valence-electron chi connectivity index (χ1n) is 6.20. The Balaban J connectivity index is 2.27. The second kappa shape index (κ2) is 7.72. The molecule has 1 atom stereocenters. The van der Waals surface area contributed by atoms with Crippen LogP contribution in [0.4, 0.5) is 0 Å². The molecule has 19 heavy (non-hydrogen) atoms. The molecule has 1 unspecified atom stereocenters. The van der Waals surface area contributed by atoms with Gasteiger partial charge in [-0.15, -0.1) is 0 Å². The van der Waals surface area contributed by atoms with Crippen molar-refractivity contribution >= 4 is 21.4 Å². The molecule has 0 aliphatic heterocycles. The molecule has 0 fully saturated rings. The van der Waals surface area contributed by atoms with E-state index in [1.54, 1.807) is 31.2 Å². The monoisotopic (exact) mass is 306 g/mol. The van der Waals surface area contributed by atoms with Gasteiger partial charge in [-0.25, -0.2) is 8.42 Å². The lowest BCUT2D eigenvalue weighted by atomic mass is 10.2. The SMILES string of the molecule is CCS(=O)(=O)CCCC(O)COc1cccc(Cl)c1. The van der Waals surface area contributed by atoms with Crippen molar-refractivity contribution < 1.29 is 18.3 Å². The Morgan fingerprint density at radius 2 is 2.16 bits per heavy atom. The zero-order valence-electron chi connectivity index (χ0n) is 10.9. The minimum atomic E-state index is -2.96. The Bertz CT molecular complexity index is 487. The highest BCUT2D eigenvalue weighted by Gasteiger charge is 2.10. The van der Waals surface area contributed by atoms with Crippen molar-refractivity contribution in [3.8, 4) is 5.75 Å². The maximum absolute atomic E-state index is 11.3. The minimum absolute atomic E-state index is 0.109. The molecular weight excluding hydrogens is 288 g/mol. The molecule has 6 heteroatoms. The molecular formula is C13H19ClO4S. The van der Waals surface area contributed by atoms with E-state index in [1.807, 2.05) is 0 Å². The number of hydrogen-bond acceptors (Lipinski definition) is 4. The van der Waals surface area contributed by atoms with Gasteiger partial charge >= 0.3 is 0 Å². The van der Waals surface area contributed by atoms with Crippen molar-refractivity contribution in [2.24, 2.45) is 0 Å². The highest BCUT2D eigenvalue weighted by Crippen LogP contribution is 2.17. The Hall–Kier alpha value is -0.780. The fourth-order valence-electron chi connectivity index (χ4n) is 1.52. The van der Waals surface area contributed by atoms with Crippen LogP contribution in [0.3, 0.4) is 0 Å². The molecule has 1 aromatic rings. The largest absolute Gasteiger partial charge is 0.491 e. The summed E-state index contributed by atoms with van der Waals surface area (Å²) in [5.74, 6) is 0.840. The van der Waals surface area contributed by atoms with Crippen LogP contribution in [0.2, 0.25) is 5.02 Å². The van der Waals surface area contributed by atoms with Crippen molar-refractivity contribution in [3.05, 3.63) is 29.3 Å². The summed E-state index contributed by atoms with van der Waals surface area (Å²) in [4.78, 5) is 0. The van der Waals surface area contributed by atoms with Gasteiger partial charge in [0.05, 0.1) is 11.9 Å². The lowest BCUT2D eigenvalue weighted by Crippen LogP contribution is -2.19. The highest BCUT2D eigenvalue weighted by molar-refractivity contribution is 7.91. The molecule has 0 heterocycles. The van der Waals surface area contributed by atoms with Crippen LogP contribution in [-0.4, -0.2) is 37.7 Å². The second-order valence-electron chi connectivity index (χ2n) is 4.30. The molecule has 0 saturated carbocycles. The number of aliphatic hydroxyl groups excluding tert-OH is 1. The molecule has 1 N–H and O–H groups in total. The van der Waals surface area contributed by atoms with E-state index >= 15 is 0 Å². The molecule has 0 aromatic heterocycles. The molecule has 4 nitrogen and oxygen atoms in total. The quantitative estimate of drug-likeness (QED) is 0.800. The van der Waals surface area contributed by atoms with Gasteiger partial charge in [-0.1, -0.05) is 24.6 Å². The lowest BCUT2D eigenvalue weighted by Gasteiger charge is -2.12. The maximum atomic E-state index is 11.3. The van der Waals surface area contributed by atoms with Gasteiger partial charge in [0.2, 0.25) is 0 Å². The van der Waals surface area contributed by atoms with Gasteiger partial charge in [0.25, 0.3) is 0 Å². The number of sulfone groups is 1. The van der Waals surface area contributed by atoms with E-state index in [9.17, 15) is 13.5 Å². The van der Waals surface area contributed by atoms with Crippen LogP contribution < -0.4 is 4.74 Å². The van der Waals surface area contributed by atoms with Gasteiger partial charge in [0, 0.05) is 10.8 Å². The zero-order chi connectivity index (χ0) is 14.3. The summed E-state index contributed by atoms with van der Waals surface area (Å²) in [6.45, 7) is 1.75. The predicted molar refractivity (Wildman–Crippen MR) is 76.5 cm³/mol. The van der Waals surface area contributed by atoms with Crippen LogP contribution in [0.15, 0.2) is 24.3 Å². The predicted octanol–water partition coefficient (Wildman–Crippen LogP) is 2.29. The Labute approximate surface area is 119 Å². The molecule has 0 bridgehead atoms. The van der Waals surface area contributed by atoms with Gasteiger partial charge in [-0.2, -0.15) is 0 Å². The third-order valence-electron chi connectivity index (χ3n) is 2.67. The molecule has 0 saturated heterocycles. The van der Waals surface area contributed by atoms with Crippen molar-refractivity contribution in [1.82, 2.24) is 0 Å². The van der Waals surface area contributed by atoms with E-state index in [4.69, 9.17) is 16.3 Å². The van der Waals surface area contributed by atoms with Crippen molar-refractivity contribution in [1.29, 1.82) is 0 Å². The van der Waals surface area contributed by atoms with Gasteiger partial charge in [-0.05, 0) is 31.0 Å². The van der Waals surface area contributed by atoms with Crippen LogP contribution in [0.25, 0.3) is 0 Å². The summed E-state index contributed by atoms with van der Waals surface area (Å²) in [5, 5.41) is 10.3. The van der Waals surface area contributed by atoms with E-state index < -0.39 is 15.9 Å². The molecule has 0 aliphatic rings. The smallest absolute Gasteiger partial charge is 0.150 e. The number of halogens is 1. The van der Waals surface area contributed by atoms with Crippen LogP contribution in [0.1, 0.15) is 19.8 Å².